The molecular formula is C17H32N4O2. The maximum atomic E-state index is 12.3. The van der Waals surface area contributed by atoms with Crippen LogP contribution >= 0.6 is 0 Å². The molecule has 3 heterocycles. The second kappa shape index (κ2) is 8.85. The van der Waals surface area contributed by atoms with E-state index in [1.807, 2.05) is 4.90 Å². The van der Waals surface area contributed by atoms with Crippen LogP contribution in [0.2, 0.25) is 0 Å². The zero-order valence-corrected chi connectivity index (χ0v) is 14.3. The van der Waals surface area contributed by atoms with Gasteiger partial charge in [0.05, 0.1) is 6.61 Å². The molecule has 0 spiro atoms. The molecule has 0 aromatic carbocycles. The van der Waals surface area contributed by atoms with Gasteiger partial charge in [0.2, 0.25) is 0 Å². The molecule has 0 radical (unpaired) electrons. The predicted octanol–water partition coefficient (Wildman–Crippen LogP) is 0.740. The molecule has 0 aliphatic carbocycles. The fourth-order valence-electron chi connectivity index (χ4n) is 4.11. The summed E-state index contributed by atoms with van der Waals surface area (Å²) in [6, 6.07) is 0.124. The van der Waals surface area contributed by atoms with Crippen molar-refractivity contribution in [2.45, 2.75) is 25.7 Å². The highest BCUT2D eigenvalue weighted by atomic mass is 16.5. The molecule has 3 aliphatic rings. The third kappa shape index (κ3) is 5.06. The van der Waals surface area contributed by atoms with Gasteiger partial charge in [0.25, 0.3) is 0 Å². The van der Waals surface area contributed by atoms with Crippen LogP contribution in [-0.4, -0.2) is 81.4 Å². The van der Waals surface area contributed by atoms with Crippen molar-refractivity contribution in [1.29, 1.82) is 0 Å². The van der Waals surface area contributed by atoms with Gasteiger partial charge in [-0.15, -0.1) is 0 Å². The average Bonchev–Trinajstić information content (AvgIpc) is 3.00. The molecule has 0 aromatic heterocycles. The van der Waals surface area contributed by atoms with E-state index in [0.717, 1.165) is 70.7 Å². The number of rotatable bonds is 4. The summed E-state index contributed by atoms with van der Waals surface area (Å²) in [5.41, 5.74) is 0. The number of carbonyl (C=O) groups excluding carboxylic acids is 1. The SMILES string of the molecule is O=C(NCCN1CCCOCC1)N1CCC(C2CCNC2)CC1. The van der Waals surface area contributed by atoms with E-state index in [1.54, 1.807) is 0 Å². The fourth-order valence-corrected chi connectivity index (χ4v) is 4.11. The number of hydrogen-bond acceptors (Lipinski definition) is 4. The van der Waals surface area contributed by atoms with Crippen LogP contribution in [0.5, 0.6) is 0 Å². The molecule has 3 aliphatic heterocycles. The van der Waals surface area contributed by atoms with E-state index in [4.69, 9.17) is 4.74 Å². The van der Waals surface area contributed by atoms with Crippen LogP contribution in [0.1, 0.15) is 25.7 Å². The van der Waals surface area contributed by atoms with Crippen molar-refractivity contribution >= 4 is 6.03 Å². The maximum absolute atomic E-state index is 12.3. The van der Waals surface area contributed by atoms with Crippen molar-refractivity contribution in [3.05, 3.63) is 0 Å². The number of hydrogen-bond donors (Lipinski definition) is 2. The number of carbonyl (C=O) groups is 1. The fraction of sp³-hybridized carbons (Fsp3) is 0.941. The molecular weight excluding hydrogens is 292 g/mol. The molecule has 6 nitrogen and oxygen atoms in total. The molecule has 1 unspecified atom stereocenters. The molecule has 1 atom stereocenters. The van der Waals surface area contributed by atoms with Crippen LogP contribution in [0.25, 0.3) is 0 Å². The minimum atomic E-state index is 0.124. The van der Waals surface area contributed by atoms with E-state index in [1.165, 1.54) is 32.4 Å². The third-order valence-electron chi connectivity index (χ3n) is 5.61. The lowest BCUT2D eigenvalue weighted by molar-refractivity contribution is 0.140. The summed E-state index contributed by atoms with van der Waals surface area (Å²) in [6.07, 6.45) is 4.75. The Morgan fingerprint density at radius 3 is 2.74 bits per heavy atom. The molecule has 0 aromatic rings. The number of nitrogens with zero attached hydrogens (tertiary/aromatic N) is 2. The summed E-state index contributed by atoms with van der Waals surface area (Å²) in [6.45, 7) is 9.61. The average molecular weight is 324 g/mol. The van der Waals surface area contributed by atoms with Gasteiger partial charge in [-0.1, -0.05) is 0 Å². The molecule has 2 N–H and O–H groups in total. The van der Waals surface area contributed by atoms with E-state index < -0.39 is 0 Å². The number of piperidine rings is 1. The maximum Gasteiger partial charge on any atom is 0.317 e. The van der Waals surface area contributed by atoms with E-state index in [9.17, 15) is 4.79 Å². The molecule has 0 saturated carbocycles. The summed E-state index contributed by atoms with van der Waals surface area (Å²) in [5, 5.41) is 6.56. The van der Waals surface area contributed by atoms with Crippen molar-refractivity contribution in [1.82, 2.24) is 20.4 Å². The van der Waals surface area contributed by atoms with Crippen molar-refractivity contribution < 1.29 is 9.53 Å². The molecule has 3 fully saturated rings. The Bertz CT molecular complexity index is 358. The highest BCUT2D eigenvalue weighted by molar-refractivity contribution is 5.74. The number of amides is 2. The van der Waals surface area contributed by atoms with Gasteiger partial charge in [0.15, 0.2) is 0 Å². The van der Waals surface area contributed by atoms with E-state index >= 15 is 0 Å². The summed E-state index contributed by atoms with van der Waals surface area (Å²) < 4.78 is 5.46. The predicted molar refractivity (Wildman–Crippen MR) is 90.5 cm³/mol. The Morgan fingerprint density at radius 1 is 1.09 bits per heavy atom. The van der Waals surface area contributed by atoms with Crippen LogP contribution in [0, 0.1) is 11.8 Å². The van der Waals surface area contributed by atoms with Gasteiger partial charge in [-0.3, -0.25) is 4.90 Å². The first kappa shape index (κ1) is 17.0. The second-order valence-electron chi connectivity index (χ2n) is 7.12. The zero-order valence-electron chi connectivity index (χ0n) is 14.3. The lowest BCUT2D eigenvalue weighted by atomic mass is 9.84. The molecule has 23 heavy (non-hydrogen) atoms. The van der Waals surface area contributed by atoms with Gasteiger partial charge in [-0.2, -0.15) is 0 Å². The molecule has 3 rings (SSSR count). The van der Waals surface area contributed by atoms with Crippen molar-refractivity contribution in [2.24, 2.45) is 11.8 Å². The number of ether oxygens (including phenoxy) is 1. The van der Waals surface area contributed by atoms with Crippen LogP contribution in [0.3, 0.4) is 0 Å². The van der Waals surface area contributed by atoms with Crippen molar-refractivity contribution in [3.63, 3.8) is 0 Å². The summed E-state index contributed by atoms with van der Waals surface area (Å²) in [4.78, 5) is 16.7. The number of nitrogens with one attached hydrogen (secondary N) is 2. The quantitative estimate of drug-likeness (QED) is 0.801. The normalized spacial score (nSPS) is 27.8. The van der Waals surface area contributed by atoms with Crippen molar-refractivity contribution in [2.75, 3.05) is 65.6 Å². The first-order valence-electron chi connectivity index (χ1n) is 9.36. The van der Waals surface area contributed by atoms with E-state index in [2.05, 4.69) is 15.5 Å². The molecule has 132 valence electrons. The van der Waals surface area contributed by atoms with Gasteiger partial charge < -0.3 is 20.3 Å². The Labute approximate surface area is 139 Å². The number of urea groups is 1. The standard InChI is InChI=1S/C17H32N4O2/c22-17(19-6-10-20-7-1-12-23-13-11-20)21-8-3-15(4-9-21)16-2-5-18-14-16/h15-16,18H,1-14H2,(H,19,22). The Morgan fingerprint density at radius 2 is 1.96 bits per heavy atom. The van der Waals surface area contributed by atoms with Crippen LogP contribution in [-0.2, 0) is 4.74 Å². The van der Waals surface area contributed by atoms with Gasteiger partial charge >= 0.3 is 6.03 Å². The lowest BCUT2D eigenvalue weighted by Gasteiger charge is -2.34. The second-order valence-corrected chi connectivity index (χ2v) is 7.12. The van der Waals surface area contributed by atoms with Crippen LogP contribution < -0.4 is 10.6 Å². The minimum Gasteiger partial charge on any atom is -0.380 e. The molecule has 0 bridgehead atoms. The van der Waals surface area contributed by atoms with E-state index in [-0.39, 0.29) is 6.03 Å². The highest BCUT2D eigenvalue weighted by Gasteiger charge is 2.29. The van der Waals surface area contributed by atoms with Gasteiger partial charge in [-0.05, 0) is 50.6 Å². The molecule has 6 heteroatoms. The minimum absolute atomic E-state index is 0.124. The van der Waals surface area contributed by atoms with Crippen LogP contribution in [0.4, 0.5) is 4.79 Å². The summed E-state index contributed by atoms with van der Waals surface area (Å²) in [5.74, 6) is 1.65. The largest absolute Gasteiger partial charge is 0.380 e. The zero-order chi connectivity index (χ0) is 15.9. The molecule has 3 saturated heterocycles. The highest BCUT2D eigenvalue weighted by Crippen LogP contribution is 2.28. The molecule has 2 amide bonds. The topological polar surface area (TPSA) is 56.8 Å². The first-order valence-corrected chi connectivity index (χ1v) is 9.36. The van der Waals surface area contributed by atoms with Gasteiger partial charge in [0.1, 0.15) is 0 Å². The monoisotopic (exact) mass is 324 g/mol. The Hall–Kier alpha value is -0.850. The summed E-state index contributed by atoms with van der Waals surface area (Å²) in [7, 11) is 0. The first-order chi connectivity index (χ1) is 11.3. The van der Waals surface area contributed by atoms with E-state index in [0.29, 0.717) is 0 Å². The smallest absolute Gasteiger partial charge is 0.317 e. The van der Waals surface area contributed by atoms with Crippen molar-refractivity contribution in [3.8, 4) is 0 Å². The third-order valence-corrected chi connectivity index (χ3v) is 5.61. The Kier molecular flexibility index (Phi) is 6.54. The lowest BCUT2D eigenvalue weighted by Crippen LogP contribution is -2.47. The Balaban J connectivity index is 1.31. The summed E-state index contributed by atoms with van der Waals surface area (Å²) >= 11 is 0. The van der Waals surface area contributed by atoms with Gasteiger partial charge in [-0.25, -0.2) is 4.79 Å². The van der Waals surface area contributed by atoms with Gasteiger partial charge in [0, 0.05) is 45.9 Å². The van der Waals surface area contributed by atoms with Crippen LogP contribution in [0.15, 0.2) is 0 Å². The number of likely N-dealkylation sites (tertiary alicyclic amines) is 1.